The molecule has 0 atom stereocenters. The number of rotatable bonds is 4. The molecule has 0 unspecified atom stereocenters. The summed E-state index contributed by atoms with van der Waals surface area (Å²) >= 11 is 0. The molecule has 0 fully saturated rings. The van der Waals surface area contributed by atoms with E-state index in [1.807, 2.05) is 0 Å². The van der Waals surface area contributed by atoms with Crippen LogP contribution in [0.25, 0.3) is 0 Å². The average molecular weight is 242 g/mol. The summed E-state index contributed by atoms with van der Waals surface area (Å²) in [4.78, 5) is 10.8. The second-order valence-electron chi connectivity index (χ2n) is 3.54. The molecular formula is C10H14N2O3S. The third-order valence-corrected chi connectivity index (χ3v) is 3.88. The molecule has 0 aliphatic heterocycles. The summed E-state index contributed by atoms with van der Waals surface area (Å²) < 4.78 is 24.8. The zero-order chi connectivity index (χ0) is 12.3. The number of sulfonamides is 1. The second-order valence-corrected chi connectivity index (χ2v) is 5.59. The molecule has 2 N–H and O–H groups in total. The van der Waals surface area contributed by atoms with Gasteiger partial charge in [0, 0.05) is 7.05 Å². The Balaban J connectivity index is 3.07. The van der Waals surface area contributed by atoms with Crippen LogP contribution in [0.4, 0.5) is 0 Å². The van der Waals surface area contributed by atoms with Crippen molar-refractivity contribution in [2.75, 3.05) is 13.6 Å². The van der Waals surface area contributed by atoms with Crippen LogP contribution < -0.4 is 5.73 Å². The van der Waals surface area contributed by atoms with Gasteiger partial charge in [0.25, 0.3) is 0 Å². The molecular weight excluding hydrogens is 228 g/mol. The van der Waals surface area contributed by atoms with Gasteiger partial charge in [-0.3, -0.25) is 4.79 Å². The lowest BCUT2D eigenvalue weighted by Gasteiger charge is -2.15. The molecule has 0 spiro atoms. The van der Waals surface area contributed by atoms with Crippen molar-refractivity contribution in [3.8, 4) is 0 Å². The van der Waals surface area contributed by atoms with E-state index < -0.39 is 15.9 Å². The lowest BCUT2D eigenvalue weighted by atomic mass is 10.2. The first-order chi connectivity index (χ1) is 7.34. The van der Waals surface area contributed by atoms with E-state index in [9.17, 15) is 13.2 Å². The SMILES string of the molecule is Cc1cccc(S(=O)(=O)N(C)CC(N)=O)c1. The predicted octanol–water partition coefficient (Wildman–Crippen LogP) is 0.101. The number of aryl methyl sites for hydroxylation is 1. The normalized spacial score (nSPS) is 11.7. The van der Waals surface area contributed by atoms with Gasteiger partial charge in [0.1, 0.15) is 0 Å². The molecule has 6 heteroatoms. The Bertz CT molecular complexity index is 497. The number of amides is 1. The number of carbonyl (C=O) groups is 1. The molecule has 16 heavy (non-hydrogen) atoms. The Morgan fingerprint density at radius 3 is 2.56 bits per heavy atom. The second kappa shape index (κ2) is 4.63. The first-order valence-electron chi connectivity index (χ1n) is 4.65. The first kappa shape index (κ1) is 12.7. The number of hydrogen-bond donors (Lipinski definition) is 1. The summed E-state index contributed by atoms with van der Waals surface area (Å²) in [5.41, 5.74) is 5.79. The van der Waals surface area contributed by atoms with Crippen LogP contribution in [-0.2, 0) is 14.8 Å². The van der Waals surface area contributed by atoms with Crippen molar-refractivity contribution in [2.45, 2.75) is 11.8 Å². The van der Waals surface area contributed by atoms with E-state index in [0.717, 1.165) is 9.87 Å². The molecule has 0 heterocycles. The van der Waals surface area contributed by atoms with E-state index >= 15 is 0 Å². The predicted molar refractivity (Wildman–Crippen MR) is 60.2 cm³/mol. The fourth-order valence-electron chi connectivity index (χ4n) is 1.26. The van der Waals surface area contributed by atoms with Crippen LogP contribution >= 0.6 is 0 Å². The van der Waals surface area contributed by atoms with Crippen LogP contribution in [0.15, 0.2) is 29.2 Å². The van der Waals surface area contributed by atoms with Crippen molar-refractivity contribution in [3.05, 3.63) is 29.8 Å². The van der Waals surface area contributed by atoms with Crippen LogP contribution in [0.3, 0.4) is 0 Å². The highest BCUT2D eigenvalue weighted by molar-refractivity contribution is 7.89. The van der Waals surface area contributed by atoms with Gasteiger partial charge in [-0.05, 0) is 24.6 Å². The van der Waals surface area contributed by atoms with Crippen molar-refractivity contribution in [1.82, 2.24) is 4.31 Å². The van der Waals surface area contributed by atoms with Crippen LogP contribution in [0.2, 0.25) is 0 Å². The van der Waals surface area contributed by atoms with Gasteiger partial charge in [0.2, 0.25) is 15.9 Å². The topological polar surface area (TPSA) is 80.5 Å². The molecule has 1 amide bonds. The minimum Gasteiger partial charge on any atom is -0.369 e. The number of nitrogens with two attached hydrogens (primary N) is 1. The van der Waals surface area contributed by atoms with Crippen LogP contribution in [0.1, 0.15) is 5.56 Å². The van der Waals surface area contributed by atoms with Gasteiger partial charge in [0.05, 0.1) is 11.4 Å². The maximum atomic E-state index is 11.9. The Labute approximate surface area is 94.9 Å². The highest BCUT2D eigenvalue weighted by Gasteiger charge is 2.21. The maximum Gasteiger partial charge on any atom is 0.243 e. The van der Waals surface area contributed by atoms with Crippen LogP contribution in [0, 0.1) is 6.92 Å². The Hall–Kier alpha value is -1.40. The Morgan fingerprint density at radius 2 is 2.06 bits per heavy atom. The maximum absolute atomic E-state index is 11.9. The van der Waals surface area contributed by atoms with Gasteiger partial charge in [-0.2, -0.15) is 4.31 Å². The molecule has 1 aromatic rings. The smallest absolute Gasteiger partial charge is 0.243 e. The molecule has 0 aromatic heterocycles. The lowest BCUT2D eigenvalue weighted by molar-refractivity contribution is -0.118. The molecule has 5 nitrogen and oxygen atoms in total. The molecule has 0 radical (unpaired) electrons. The number of carbonyl (C=O) groups excluding carboxylic acids is 1. The largest absolute Gasteiger partial charge is 0.369 e. The molecule has 0 saturated carbocycles. The molecule has 0 saturated heterocycles. The van der Waals surface area contributed by atoms with Crippen LogP contribution in [0.5, 0.6) is 0 Å². The van der Waals surface area contributed by atoms with Gasteiger partial charge in [-0.25, -0.2) is 8.42 Å². The van der Waals surface area contributed by atoms with Gasteiger partial charge in [-0.15, -0.1) is 0 Å². The van der Waals surface area contributed by atoms with Crippen molar-refractivity contribution in [2.24, 2.45) is 5.73 Å². The minimum atomic E-state index is -3.62. The van der Waals surface area contributed by atoms with Crippen molar-refractivity contribution >= 4 is 15.9 Å². The summed E-state index contributed by atoms with van der Waals surface area (Å²) in [5.74, 6) is -0.682. The summed E-state index contributed by atoms with van der Waals surface area (Å²) in [7, 11) is -2.30. The number of hydrogen-bond acceptors (Lipinski definition) is 3. The molecule has 0 bridgehead atoms. The van der Waals surface area contributed by atoms with Gasteiger partial charge in [-0.1, -0.05) is 12.1 Å². The Kier molecular flexibility index (Phi) is 3.66. The van der Waals surface area contributed by atoms with Crippen molar-refractivity contribution in [1.29, 1.82) is 0 Å². The van der Waals surface area contributed by atoms with Crippen molar-refractivity contribution in [3.63, 3.8) is 0 Å². The summed E-state index contributed by atoms with van der Waals surface area (Å²) in [6.07, 6.45) is 0. The number of benzene rings is 1. The quantitative estimate of drug-likeness (QED) is 0.813. The Morgan fingerprint density at radius 1 is 1.44 bits per heavy atom. The molecule has 1 aromatic carbocycles. The van der Waals surface area contributed by atoms with Gasteiger partial charge < -0.3 is 5.73 Å². The average Bonchev–Trinajstić information content (AvgIpc) is 2.16. The first-order valence-corrected chi connectivity index (χ1v) is 6.09. The third kappa shape index (κ3) is 2.80. The van der Waals surface area contributed by atoms with E-state index in [4.69, 9.17) is 5.73 Å². The molecule has 0 aliphatic rings. The van der Waals surface area contributed by atoms with Gasteiger partial charge in [0.15, 0.2) is 0 Å². The summed E-state index contributed by atoms with van der Waals surface area (Å²) in [6, 6.07) is 6.49. The van der Waals surface area contributed by atoms with Crippen LogP contribution in [-0.4, -0.2) is 32.2 Å². The highest BCUT2D eigenvalue weighted by atomic mass is 32.2. The van der Waals surface area contributed by atoms with E-state index in [-0.39, 0.29) is 11.4 Å². The zero-order valence-corrected chi connectivity index (χ0v) is 9.99. The van der Waals surface area contributed by atoms with E-state index in [1.54, 1.807) is 25.1 Å². The number of nitrogens with zero attached hydrogens (tertiary/aromatic N) is 1. The van der Waals surface area contributed by atoms with E-state index in [2.05, 4.69) is 0 Å². The molecule has 1 rings (SSSR count). The summed E-state index contributed by atoms with van der Waals surface area (Å²) in [5, 5.41) is 0. The van der Waals surface area contributed by atoms with E-state index in [0.29, 0.717) is 0 Å². The fraction of sp³-hybridized carbons (Fsp3) is 0.300. The standard InChI is InChI=1S/C10H14N2O3S/c1-8-4-3-5-9(6-8)16(14,15)12(2)7-10(11)13/h3-6H,7H2,1-2H3,(H2,11,13). The number of likely N-dealkylation sites (N-methyl/N-ethyl adjacent to an activating group) is 1. The fourth-order valence-corrected chi connectivity index (χ4v) is 2.50. The lowest BCUT2D eigenvalue weighted by Crippen LogP contribution is -2.35. The van der Waals surface area contributed by atoms with E-state index in [1.165, 1.54) is 13.1 Å². The van der Waals surface area contributed by atoms with Crippen molar-refractivity contribution < 1.29 is 13.2 Å². The summed E-state index contributed by atoms with van der Waals surface area (Å²) in [6.45, 7) is 1.48. The molecule has 88 valence electrons. The molecule has 0 aliphatic carbocycles. The zero-order valence-electron chi connectivity index (χ0n) is 9.17. The third-order valence-electron chi connectivity index (χ3n) is 2.08. The highest BCUT2D eigenvalue weighted by Crippen LogP contribution is 2.14. The van der Waals surface area contributed by atoms with Gasteiger partial charge >= 0.3 is 0 Å². The monoisotopic (exact) mass is 242 g/mol. The minimum absolute atomic E-state index is 0.163. The number of primary amides is 1.